The smallest absolute Gasteiger partial charge is 0.232 e. The number of carbonyl (C=O) groups is 2. The predicted octanol–water partition coefficient (Wildman–Crippen LogP) is 5.42. The summed E-state index contributed by atoms with van der Waals surface area (Å²) >= 11 is 5.81. The first kappa shape index (κ1) is 25.9. The third kappa shape index (κ3) is 4.30. The zero-order chi connectivity index (χ0) is 25.3. The normalized spacial score (nSPS) is 39.9. The fourth-order valence-corrected chi connectivity index (χ4v) is 9.05. The molecule has 0 radical (unpaired) electrons. The Labute approximate surface area is 212 Å². The number of thiocarbonyl (C=S) groups is 1. The van der Waals surface area contributed by atoms with E-state index in [0.717, 1.165) is 32.1 Å². The monoisotopic (exact) mass is 489 g/mol. The third-order valence-corrected chi connectivity index (χ3v) is 10.3. The maximum atomic E-state index is 14.2. The number of hydrogen-bond acceptors (Lipinski definition) is 3. The van der Waals surface area contributed by atoms with Gasteiger partial charge in [0.15, 0.2) is 5.11 Å². The molecule has 2 unspecified atom stereocenters. The lowest BCUT2D eigenvalue weighted by molar-refractivity contribution is -0.147. The topological polar surface area (TPSA) is 61.4 Å². The van der Waals surface area contributed by atoms with Gasteiger partial charge in [0, 0.05) is 29.5 Å². The summed E-state index contributed by atoms with van der Waals surface area (Å²) in [7, 11) is 0. The summed E-state index contributed by atoms with van der Waals surface area (Å²) in [6, 6.07) is 0.329. The molecule has 0 bridgehead atoms. The quantitative estimate of drug-likeness (QED) is 0.483. The maximum absolute atomic E-state index is 14.2. The van der Waals surface area contributed by atoms with Crippen molar-refractivity contribution in [3.63, 3.8) is 0 Å². The molecule has 1 aliphatic heterocycles. The molecule has 0 aromatic carbocycles. The van der Waals surface area contributed by atoms with Crippen molar-refractivity contribution < 1.29 is 9.59 Å². The van der Waals surface area contributed by atoms with Crippen molar-refractivity contribution in [3.8, 4) is 0 Å². The van der Waals surface area contributed by atoms with Crippen molar-refractivity contribution in [2.75, 3.05) is 0 Å². The third-order valence-electron chi connectivity index (χ3n) is 9.97. The molecule has 2 N–H and O–H groups in total. The van der Waals surface area contributed by atoms with E-state index in [1.165, 1.54) is 12.8 Å². The molecule has 1 heterocycles. The molecule has 4 fully saturated rings. The Morgan fingerprint density at radius 2 is 1.62 bits per heavy atom. The van der Waals surface area contributed by atoms with Crippen LogP contribution in [0.25, 0.3) is 0 Å². The SMILES string of the molecule is CC(C)(C)NC(=S)N(C(=O)C1CC[C@H]2[C@@H]3CCC4NC(=O)CC[C@]4(C)[C@@H]3CC[C@]12C)C(C)(C)C. The molecular formula is C28H47N3O2S. The van der Waals surface area contributed by atoms with Crippen LogP contribution in [0, 0.1) is 34.5 Å². The molecule has 0 aromatic rings. The van der Waals surface area contributed by atoms with Crippen LogP contribution in [0.1, 0.15) is 107 Å². The molecule has 7 atom stereocenters. The first-order chi connectivity index (χ1) is 15.6. The van der Waals surface area contributed by atoms with Gasteiger partial charge in [0.25, 0.3) is 0 Å². The van der Waals surface area contributed by atoms with Gasteiger partial charge < -0.3 is 10.6 Å². The molecule has 34 heavy (non-hydrogen) atoms. The molecule has 1 saturated heterocycles. The minimum atomic E-state index is -0.371. The van der Waals surface area contributed by atoms with Crippen molar-refractivity contribution in [3.05, 3.63) is 0 Å². The van der Waals surface area contributed by atoms with E-state index in [1.54, 1.807) is 0 Å². The second-order valence-electron chi connectivity index (χ2n) is 14.3. The van der Waals surface area contributed by atoms with Crippen LogP contribution in [-0.4, -0.2) is 38.9 Å². The van der Waals surface area contributed by atoms with E-state index >= 15 is 0 Å². The summed E-state index contributed by atoms with van der Waals surface area (Å²) in [5, 5.41) is 7.28. The molecule has 3 saturated carbocycles. The first-order valence-corrected chi connectivity index (χ1v) is 13.9. The van der Waals surface area contributed by atoms with Gasteiger partial charge >= 0.3 is 0 Å². The summed E-state index contributed by atoms with van der Waals surface area (Å²) < 4.78 is 0. The lowest BCUT2D eigenvalue weighted by Crippen LogP contribution is -2.62. The molecular weight excluding hydrogens is 442 g/mol. The second-order valence-corrected chi connectivity index (χ2v) is 14.7. The summed E-state index contributed by atoms with van der Waals surface area (Å²) in [4.78, 5) is 28.2. The maximum Gasteiger partial charge on any atom is 0.232 e. The van der Waals surface area contributed by atoms with Crippen LogP contribution < -0.4 is 10.6 Å². The fourth-order valence-electron chi connectivity index (χ4n) is 8.38. The van der Waals surface area contributed by atoms with Crippen molar-refractivity contribution in [2.24, 2.45) is 34.5 Å². The number of nitrogens with zero attached hydrogens (tertiary/aromatic N) is 1. The van der Waals surface area contributed by atoms with E-state index in [9.17, 15) is 9.59 Å². The largest absolute Gasteiger partial charge is 0.358 e. The average Bonchev–Trinajstić information content (AvgIpc) is 3.03. The lowest BCUT2D eigenvalue weighted by atomic mass is 9.47. The van der Waals surface area contributed by atoms with E-state index in [0.29, 0.717) is 35.3 Å². The molecule has 4 rings (SSSR count). The molecule has 0 spiro atoms. The Kier molecular flexibility index (Phi) is 6.44. The van der Waals surface area contributed by atoms with Gasteiger partial charge in [-0.25, -0.2) is 0 Å². The van der Waals surface area contributed by atoms with E-state index in [-0.39, 0.29) is 39.6 Å². The predicted molar refractivity (Wildman–Crippen MR) is 141 cm³/mol. The highest BCUT2D eigenvalue weighted by Crippen LogP contribution is 2.65. The molecule has 5 nitrogen and oxygen atoms in total. The minimum absolute atomic E-state index is 0.0222. The highest BCUT2D eigenvalue weighted by molar-refractivity contribution is 7.80. The lowest BCUT2D eigenvalue weighted by Gasteiger charge is -2.60. The van der Waals surface area contributed by atoms with Gasteiger partial charge in [-0.05, 0) is 127 Å². The van der Waals surface area contributed by atoms with Gasteiger partial charge in [-0.1, -0.05) is 13.8 Å². The van der Waals surface area contributed by atoms with Crippen molar-refractivity contribution in [1.29, 1.82) is 0 Å². The van der Waals surface area contributed by atoms with Crippen LogP contribution >= 0.6 is 12.2 Å². The van der Waals surface area contributed by atoms with Crippen LogP contribution in [0.15, 0.2) is 0 Å². The van der Waals surface area contributed by atoms with Crippen molar-refractivity contribution in [1.82, 2.24) is 15.5 Å². The van der Waals surface area contributed by atoms with Crippen LogP contribution in [0.3, 0.4) is 0 Å². The number of amides is 2. The summed E-state index contributed by atoms with van der Waals surface area (Å²) in [6.07, 6.45) is 8.32. The Morgan fingerprint density at radius 3 is 2.24 bits per heavy atom. The van der Waals surface area contributed by atoms with Gasteiger partial charge in [0.1, 0.15) is 0 Å². The summed E-state index contributed by atoms with van der Waals surface area (Å²) in [5.41, 5.74) is -0.329. The second kappa shape index (κ2) is 8.45. The minimum Gasteiger partial charge on any atom is -0.358 e. The zero-order valence-electron chi connectivity index (χ0n) is 22.7. The number of hydrogen-bond donors (Lipinski definition) is 2. The fraction of sp³-hybridized carbons (Fsp3) is 0.893. The molecule has 192 valence electrons. The summed E-state index contributed by atoms with van der Waals surface area (Å²) in [6.45, 7) is 17.4. The average molecular weight is 490 g/mol. The first-order valence-electron chi connectivity index (χ1n) is 13.5. The molecule has 3 aliphatic carbocycles. The molecule has 6 heteroatoms. The number of piperidine rings is 1. The highest BCUT2D eigenvalue weighted by atomic mass is 32.1. The Bertz CT molecular complexity index is 859. The molecule has 2 amide bonds. The van der Waals surface area contributed by atoms with E-state index in [2.05, 4.69) is 66.0 Å². The van der Waals surface area contributed by atoms with Gasteiger partial charge in [-0.2, -0.15) is 0 Å². The highest BCUT2D eigenvalue weighted by Gasteiger charge is 2.62. The number of carbonyl (C=O) groups excluding carboxylic acids is 2. The Hall–Kier alpha value is -1.17. The van der Waals surface area contributed by atoms with E-state index < -0.39 is 0 Å². The Balaban J connectivity index is 1.58. The zero-order valence-corrected chi connectivity index (χ0v) is 23.5. The van der Waals surface area contributed by atoms with Crippen LogP contribution in [0.2, 0.25) is 0 Å². The van der Waals surface area contributed by atoms with E-state index in [1.807, 2.05) is 4.90 Å². The standard InChI is InChI=1S/C28H47N3O2S/c1-25(2,3)30-24(34)31(26(4,5)6)23(33)20-11-10-18-17-9-12-21-28(8,16-14-22(32)29-21)19(17)13-15-27(18,20)7/h17-21H,9-16H2,1-8H3,(H,29,32)(H,30,34)/t17-,18-,19+,20?,21?,27-,28+/m0/s1. The van der Waals surface area contributed by atoms with Gasteiger partial charge in [0.05, 0.1) is 0 Å². The van der Waals surface area contributed by atoms with Crippen LogP contribution in [0.4, 0.5) is 0 Å². The van der Waals surface area contributed by atoms with Gasteiger partial charge in [0.2, 0.25) is 11.8 Å². The number of rotatable bonds is 1. The number of fused-ring (bicyclic) bond motifs is 5. The summed E-state index contributed by atoms with van der Waals surface area (Å²) in [5.74, 6) is 2.37. The number of nitrogens with one attached hydrogen (secondary N) is 2. The van der Waals surface area contributed by atoms with Gasteiger partial charge in [-0.3, -0.25) is 14.5 Å². The van der Waals surface area contributed by atoms with Crippen LogP contribution in [-0.2, 0) is 9.59 Å². The molecule has 0 aromatic heterocycles. The Morgan fingerprint density at radius 1 is 0.971 bits per heavy atom. The van der Waals surface area contributed by atoms with Gasteiger partial charge in [-0.15, -0.1) is 0 Å². The van der Waals surface area contributed by atoms with Crippen molar-refractivity contribution in [2.45, 2.75) is 124 Å². The van der Waals surface area contributed by atoms with Crippen LogP contribution in [0.5, 0.6) is 0 Å². The van der Waals surface area contributed by atoms with E-state index in [4.69, 9.17) is 12.2 Å². The molecule has 4 aliphatic rings. The van der Waals surface area contributed by atoms with Crippen molar-refractivity contribution >= 4 is 29.1 Å².